The fraction of sp³-hybridized carbons (Fsp3) is 0.778. The molecule has 0 aliphatic heterocycles. The summed E-state index contributed by atoms with van der Waals surface area (Å²) in [4.78, 5) is 21.9. The van der Waals surface area contributed by atoms with Gasteiger partial charge >= 0.3 is 5.97 Å². The number of carbonyl (C=O) groups is 2. The average molecular weight is 187 g/mol. The van der Waals surface area contributed by atoms with Crippen LogP contribution in [0, 0.1) is 5.92 Å². The van der Waals surface area contributed by atoms with E-state index in [1.807, 2.05) is 13.8 Å². The fourth-order valence-corrected chi connectivity index (χ4v) is 0.970. The summed E-state index contributed by atoms with van der Waals surface area (Å²) in [5, 5.41) is 2.50. The molecule has 0 radical (unpaired) electrons. The molecule has 13 heavy (non-hydrogen) atoms. The molecule has 0 unspecified atom stereocenters. The first-order chi connectivity index (χ1) is 6.11. The van der Waals surface area contributed by atoms with Gasteiger partial charge in [-0.1, -0.05) is 20.3 Å². The molecule has 0 saturated heterocycles. The van der Waals surface area contributed by atoms with E-state index in [9.17, 15) is 9.59 Å². The highest BCUT2D eigenvalue weighted by atomic mass is 16.5. The molecule has 0 aliphatic rings. The first-order valence-electron chi connectivity index (χ1n) is 4.46. The number of nitrogens with one attached hydrogen (secondary N) is 1. The Morgan fingerprint density at radius 1 is 1.46 bits per heavy atom. The topological polar surface area (TPSA) is 55.4 Å². The number of amides is 1. The van der Waals surface area contributed by atoms with E-state index < -0.39 is 5.97 Å². The molecule has 0 aromatic heterocycles. The van der Waals surface area contributed by atoms with Crippen LogP contribution in [-0.2, 0) is 14.3 Å². The third-order valence-corrected chi connectivity index (χ3v) is 1.80. The van der Waals surface area contributed by atoms with Gasteiger partial charge in [-0.3, -0.25) is 9.59 Å². The first kappa shape index (κ1) is 11.9. The average Bonchev–Trinajstić information content (AvgIpc) is 2.13. The molecule has 1 atom stereocenters. The number of hydrogen-bond acceptors (Lipinski definition) is 3. The standard InChI is InChI=1S/C9H17NO3/c1-4-5-7(2)9(12)10-6-8(11)13-3/h7H,4-6H2,1-3H3,(H,10,12)/t7-/m0/s1. The second-order valence-corrected chi connectivity index (χ2v) is 2.98. The number of hydrogen-bond donors (Lipinski definition) is 1. The molecule has 0 aliphatic carbocycles. The van der Waals surface area contributed by atoms with Crippen LogP contribution in [0.2, 0.25) is 0 Å². The predicted molar refractivity (Wildman–Crippen MR) is 49.1 cm³/mol. The second kappa shape index (κ2) is 6.46. The van der Waals surface area contributed by atoms with Gasteiger partial charge in [-0.25, -0.2) is 0 Å². The molecule has 0 bridgehead atoms. The lowest BCUT2D eigenvalue weighted by atomic mass is 10.1. The Kier molecular flexibility index (Phi) is 5.93. The quantitative estimate of drug-likeness (QED) is 0.645. The number of carbonyl (C=O) groups excluding carboxylic acids is 2. The van der Waals surface area contributed by atoms with E-state index >= 15 is 0 Å². The van der Waals surface area contributed by atoms with Crippen LogP contribution in [0.1, 0.15) is 26.7 Å². The van der Waals surface area contributed by atoms with Crippen molar-refractivity contribution in [2.24, 2.45) is 5.92 Å². The SMILES string of the molecule is CCC[C@H](C)C(=O)NCC(=O)OC. The predicted octanol–water partition coefficient (Wildman–Crippen LogP) is 0.712. The Balaban J connectivity index is 3.67. The van der Waals surface area contributed by atoms with Crippen LogP contribution in [0.3, 0.4) is 0 Å². The number of rotatable bonds is 5. The third-order valence-electron chi connectivity index (χ3n) is 1.80. The van der Waals surface area contributed by atoms with Gasteiger partial charge in [0.2, 0.25) is 5.91 Å². The van der Waals surface area contributed by atoms with Crippen molar-refractivity contribution in [1.82, 2.24) is 5.32 Å². The summed E-state index contributed by atoms with van der Waals surface area (Å²) in [6, 6.07) is 0. The van der Waals surface area contributed by atoms with Crippen molar-refractivity contribution in [2.75, 3.05) is 13.7 Å². The van der Waals surface area contributed by atoms with Crippen molar-refractivity contribution >= 4 is 11.9 Å². The summed E-state index contributed by atoms with van der Waals surface area (Å²) in [5.41, 5.74) is 0. The smallest absolute Gasteiger partial charge is 0.325 e. The normalized spacial score (nSPS) is 11.9. The minimum Gasteiger partial charge on any atom is -0.468 e. The van der Waals surface area contributed by atoms with E-state index in [0.29, 0.717) is 0 Å². The minimum absolute atomic E-state index is 0.0327. The monoisotopic (exact) mass is 187 g/mol. The molecule has 76 valence electrons. The zero-order valence-electron chi connectivity index (χ0n) is 8.42. The van der Waals surface area contributed by atoms with Crippen molar-refractivity contribution < 1.29 is 14.3 Å². The van der Waals surface area contributed by atoms with Crippen molar-refractivity contribution in [3.63, 3.8) is 0 Å². The van der Waals surface area contributed by atoms with Gasteiger partial charge in [0.05, 0.1) is 7.11 Å². The molecule has 1 N–H and O–H groups in total. The van der Waals surface area contributed by atoms with Gasteiger partial charge in [0.25, 0.3) is 0 Å². The maximum Gasteiger partial charge on any atom is 0.325 e. The lowest BCUT2D eigenvalue weighted by Crippen LogP contribution is -2.34. The zero-order chi connectivity index (χ0) is 10.3. The number of methoxy groups -OCH3 is 1. The Morgan fingerprint density at radius 2 is 2.08 bits per heavy atom. The van der Waals surface area contributed by atoms with Crippen LogP contribution in [0.15, 0.2) is 0 Å². The van der Waals surface area contributed by atoms with Crippen LogP contribution in [-0.4, -0.2) is 25.5 Å². The van der Waals surface area contributed by atoms with E-state index in [4.69, 9.17) is 0 Å². The van der Waals surface area contributed by atoms with Crippen LogP contribution in [0.25, 0.3) is 0 Å². The van der Waals surface area contributed by atoms with Gasteiger partial charge in [-0.2, -0.15) is 0 Å². The number of ether oxygens (including phenoxy) is 1. The zero-order valence-corrected chi connectivity index (χ0v) is 8.42. The number of esters is 1. The molecule has 1 amide bonds. The molecule has 0 fully saturated rings. The summed E-state index contributed by atoms with van der Waals surface area (Å²) in [6.45, 7) is 3.82. The summed E-state index contributed by atoms with van der Waals surface area (Å²) >= 11 is 0. The van der Waals surface area contributed by atoms with Crippen molar-refractivity contribution in [1.29, 1.82) is 0 Å². The van der Waals surface area contributed by atoms with Gasteiger partial charge < -0.3 is 10.1 Å². The summed E-state index contributed by atoms with van der Waals surface area (Å²) in [6.07, 6.45) is 1.81. The Morgan fingerprint density at radius 3 is 2.54 bits per heavy atom. The highest BCUT2D eigenvalue weighted by molar-refractivity contribution is 5.83. The molecule has 0 aromatic rings. The van der Waals surface area contributed by atoms with Gasteiger partial charge in [0, 0.05) is 5.92 Å². The molecule has 0 saturated carbocycles. The molecule has 0 heterocycles. The van der Waals surface area contributed by atoms with Crippen molar-refractivity contribution in [3.05, 3.63) is 0 Å². The van der Waals surface area contributed by atoms with E-state index in [0.717, 1.165) is 12.8 Å². The minimum atomic E-state index is -0.419. The van der Waals surface area contributed by atoms with E-state index in [1.165, 1.54) is 7.11 Å². The van der Waals surface area contributed by atoms with Crippen molar-refractivity contribution in [3.8, 4) is 0 Å². The van der Waals surface area contributed by atoms with E-state index in [-0.39, 0.29) is 18.4 Å². The maximum absolute atomic E-state index is 11.2. The van der Waals surface area contributed by atoms with Gasteiger partial charge in [0.1, 0.15) is 6.54 Å². The molecule has 0 aromatic carbocycles. The molecule has 0 rings (SSSR count). The van der Waals surface area contributed by atoms with Gasteiger partial charge in [-0.05, 0) is 6.42 Å². The summed E-state index contributed by atoms with van der Waals surface area (Å²) in [5.74, 6) is -0.543. The van der Waals surface area contributed by atoms with Crippen LogP contribution >= 0.6 is 0 Å². The van der Waals surface area contributed by atoms with Crippen LogP contribution < -0.4 is 5.32 Å². The fourth-order valence-electron chi connectivity index (χ4n) is 0.970. The molecular formula is C9H17NO3. The van der Waals surface area contributed by atoms with Crippen LogP contribution in [0.4, 0.5) is 0 Å². The van der Waals surface area contributed by atoms with E-state index in [1.54, 1.807) is 0 Å². The molecule has 4 nitrogen and oxygen atoms in total. The Hall–Kier alpha value is -1.06. The first-order valence-corrected chi connectivity index (χ1v) is 4.46. The van der Waals surface area contributed by atoms with Crippen LogP contribution in [0.5, 0.6) is 0 Å². The third kappa shape index (κ3) is 5.22. The van der Waals surface area contributed by atoms with Crippen molar-refractivity contribution in [2.45, 2.75) is 26.7 Å². The Labute approximate surface area is 78.6 Å². The lowest BCUT2D eigenvalue weighted by molar-refractivity contribution is -0.141. The molecule has 4 heteroatoms. The van der Waals surface area contributed by atoms with E-state index in [2.05, 4.69) is 10.1 Å². The van der Waals surface area contributed by atoms with Gasteiger partial charge in [0.15, 0.2) is 0 Å². The molecular weight excluding hydrogens is 170 g/mol. The largest absolute Gasteiger partial charge is 0.468 e. The Bertz CT molecular complexity index is 180. The maximum atomic E-state index is 11.2. The second-order valence-electron chi connectivity index (χ2n) is 2.98. The summed E-state index contributed by atoms with van der Waals surface area (Å²) in [7, 11) is 1.30. The van der Waals surface area contributed by atoms with Gasteiger partial charge in [-0.15, -0.1) is 0 Å². The molecule has 0 spiro atoms. The highest BCUT2D eigenvalue weighted by Gasteiger charge is 2.12. The highest BCUT2D eigenvalue weighted by Crippen LogP contribution is 2.03. The summed E-state index contributed by atoms with van der Waals surface area (Å²) < 4.78 is 4.39. The lowest BCUT2D eigenvalue weighted by Gasteiger charge is -2.09.